The Hall–Kier alpha value is -0.570. The second-order valence-electron chi connectivity index (χ2n) is 2.62. The number of rotatable bonds is 0. The molecule has 1 heterocycles. The van der Waals surface area contributed by atoms with Gasteiger partial charge in [-0.05, 0) is 0 Å². The van der Waals surface area contributed by atoms with Crippen molar-refractivity contribution < 1.29 is 10.1 Å². The van der Waals surface area contributed by atoms with Crippen LogP contribution < -0.4 is 4.90 Å². The zero-order valence-corrected chi connectivity index (χ0v) is 5.72. The largest absolute Gasteiger partial charge is 0.411 e. The Morgan fingerprint density at radius 2 is 2.00 bits per heavy atom. The van der Waals surface area contributed by atoms with Crippen LogP contribution in [0.2, 0.25) is 0 Å². The van der Waals surface area contributed by atoms with Crippen LogP contribution in [0.1, 0.15) is 12.8 Å². The summed E-state index contributed by atoms with van der Waals surface area (Å²) in [5, 5.41) is 11.5. The van der Waals surface area contributed by atoms with E-state index in [9.17, 15) is 0 Å². The number of hydrogen-bond acceptors (Lipinski definition) is 2. The summed E-state index contributed by atoms with van der Waals surface area (Å²) in [4.78, 5) is 1.53. The highest BCUT2D eigenvalue weighted by molar-refractivity contribution is 5.84. The lowest BCUT2D eigenvalue weighted by Crippen LogP contribution is -3.10. The number of nitrogens with one attached hydrogen (secondary N) is 1. The van der Waals surface area contributed by atoms with E-state index in [1.165, 1.54) is 4.90 Å². The molecule has 2 N–H and O–H groups in total. The van der Waals surface area contributed by atoms with E-state index in [4.69, 9.17) is 5.21 Å². The Labute approximate surface area is 55.0 Å². The zero-order valence-electron chi connectivity index (χ0n) is 5.72. The molecule has 3 nitrogen and oxygen atoms in total. The lowest BCUT2D eigenvalue weighted by molar-refractivity contribution is -0.880. The summed E-state index contributed by atoms with van der Waals surface area (Å²) in [5.74, 6) is 0. The fourth-order valence-electron chi connectivity index (χ4n) is 1.07. The van der Waals surface area contributed by atoms with Crippen molar-refractivity contribution in [1.82, 2.24) is 0 Å². The highest BCUT2D eigenvalue weighted by Gasteiger charge is 2.13. The maximum Gasteiger partial charge on any atom is 0.0823 e. The molecule has 1 aliphatic rings. The van der Waals surface area contributed by atoms with Crippen LogP contribution >= 0.6 is 0 Å². The number of nitrogens with zero attached hydrogens (tertiary/aromatic N) is 1. The fourth-order valence-corrected chi connectivity index (χ4v) is 1.07. The lowest BCUT2D eigenvalue weighted by Gasteiger charge is -2.18. The van der Waals surface area contributed by atoms with E-state index in [0.29, 0.717) is 0 Å². The van der Waals surface area contributed by atoms with E-state index in [-0.39, 0.29) is 0 Å². The van der Waals surface area contributed by atoms with Crippen LogP contribution in [0.3, 0.4) is 0 Å². The standard InChI is InChI=1S/C6H12N2O/c1-8-4-2-6(7-9)3-5-8/h9H,2-5H2,1H3/p+1. The molecular weight excluding hydrogens is 116 g/mol. The summed E-state index contributed by atoms with van der Waals surface area (Å²) < 4.78 is 0. The summed E-state index contributed by atoms with van der Waals surface area (Å²) in [6.07, 6.45) is 1.92. The van der Waals surface area contributed by atoms with Crippen LogP contribution in [0.5, 0.6) is 0 Å². The second kappa shape index (κ2) is 2.82. The van der Waals surface area contributed by atoms with Gasteiger partial charge < -0.3 is 10.1 Å². The van der Waals surface area contributed by atoms with Crippen molar-refractivity contribution in [2.24, 2.45) is 5.16 Å². The van der Waals surface area contributed by atoms with Gasteiger partial charge in [-0.2, -0.15) is 0 Å². The number of quaternary nitrogens is 1. The average Bonchev–Trinajstić information content (AvgIpc) is 1.90. The molecule has 0 aliphatic carbocycles. The molecule has 1 aliphatic heterocycles. The summed E-state index contributed by atoms with van der Waals surface area (Å²) in [6, 6.07) is 0. The normalized spacial score (nSPS) is 28.1. The van der Waals surface area contributed by atoms with Crippen molar-refractivity contribution in [3.05, 3.63) is 0 Å². The van der Waals surface area contributed by atoms with Crippen LogP contribution in [-0.2, 0) is 0 Å². The van der Waals surface area contributed by atoms with Crippen molar-refractivity contribution in [1.29, 1.82) is 0 Å². The van der Waals surface area contributed by atoms with Gasteiger partial charge in [-0.15, -0.1) is 0 Å². The van der Waals surface area contributed by atoms with E-state index >= 15 is 0 Å². The molecule has 0 atom stereocenters. The minimum absolute atomic E-state index is 0.959. The number of oxime groups is 1. The van der Waals surface area contributed by atoms with E-state index in [1.807, 2.05) is 0 Å². The first-order valence-electron chi connectivity index (χ1n) is 3.34. The predicted molar refractivity (Wildman–Crippen MR) is 35.1 cm³/mol. The average molecular weight is 129 g/mol. The Morgan fingerprint density at radius 3 is 2.44 bits per heavy atom. The van der Waals surface area contributed by atoms with Crippen molar-refractivity contribution in [2.75, 3.05) is 20.1 Å². The molecule has 0 radical (unpaired) electrons. The second-order valence-corrected chi connectivity index (χ2v) is 2.62. The first-order valence-corrected chi connectivity index (χ1v) is 3.34. The third-order valence-corrected chi connectivity index (χ3v) is 1.82. The van der Waals surface area contributed by atoms with Crippen LogP contribution in [0, 0.1) is 0 Å². The SMILES string of the molecule is C[NH+]1CCC(=NO)CC1. The van der Waals surface area contributed by atoms with Crippen LogP contribution in [-0.4, -0.2) is 31.1 Å². The molecule has 1 fully saturated rings. The van der Waals surface area contributed by atoms with Gasteiger partial charge in [0.1, 0.15) is 0 Å². The molecule has 0 spiro atoms. The van der Waals surface area contributed by atoms with Crippen molar-refractivity contribution >= 4 is 5.71 Å². The lowest BCUT2D eigenvalue weighted by atomic mass is 10.1. The van der Waals surface area contributed by atoms with Crippen LogP contribution in [0.25, 0.3) is 0 Å². The Morgan fingerprint density at radius 1 is 1.44 bits per heavy atom. The van der Waals surface area contributed by atoms with E-state index in [1.54, 1.807) is 0 Å². The first kappa shape index (κ1) is 6.55. The molecule has 0 aromatic heterocycles. The monoisotopic (exact) mass is 129 g/mol. The Bertz CT molecular complexity index is 112. The van der Waals surface area contributed by atoms with Gasteiger partial charge in [-0.25, -0.2) is 0 Å². The van der Waals surface area contributed by atoms with Gasteiger partial charge in [0.05, 0.1) is 25.8 Å². The summed E-state index contributed by atoms with van der Waals surface area (Å²) >= 11 is 0. The molecule has 1 rings (SSSR count). The number of piperidine rings is 1. The maximum absolute atomic E-state index is 8.36. The highest BCUT2D eigenvalue weighted by atomic mass is 16.4. The van der Waals surface area contributed by atoms with Gasteiger partial charge in [-0.3, -0.25) is 0 Å². The molecule has 0 aromatic carbocycles. The van der Waals surface area contributed by atoms with Gasteiger partial charge >= 0.3 is 0 Å². The Balaban J connectivity index is 2.35. The zero-order chi connectivity index (χ0) is 6.69. The quantitative estimate of drug-likeness (QED) is 0.323. The van der Waals surface area contributed by atoms with Gasteiger partial charge in [0.2, 0.25) is 0 Å². The fraction of sp³-hybridized carbons (Fsp3) is 0.833. The third kappa shape index (κ3) is 1.68. The van der Waals surface area contributed by atoms with Crippen molar-refractivity contribution in [2.45, 2.75) is 12.8 Å². The molecule has 0 aromatic rings. The Kier molecular flexibility index (Phi) is 2.05. The number of hydrogen-bond donors (Lipinski definition) is 2. The van der Waals surface area contributed by atoms with Crippen LogP contribution in [0.4, 0.5) is 0 Å². The van der Waals surface area contributed by atoms with Gasteiger partial charge in [-0.1, -0.05) is 5.16 Å². The molecule has 0 unspecified atom stereocenters. The summed E-state index contributed by atoms with van der Waals surface area (Å²) in [7, 11) is 2.16. The first-order chi connectivity index (χ1) is 4.33. The van der Waals surface area contributed by atoms with E-state index in [2.05, 4.69) is 12.2 Å². The molecule has 0 bridgehead atoms. The van der Waals surface area contributed by atoms with Gasteiger partial charge in [0.15, 0.2) is 0 Å². The van der Waals surface area contributed by atoms with Crippen molar-refractivity contribution in [3.63, 3.8) is 0 Å². The van der Waals surface area contributed by atoms with Crippen molar-refractivity contribution in [3.8, 4) is 0 Å². The molecule has 1 saturated heterocycles. The molecular formula is C6H13N2O+. The molecule has 0 saturated carbocycles. The number of likely N-dealkylation sites (tertiary alicyclic amines) is 1. The molecule has 9 heavy (non-hydrogen) atoms. The van der Waals surface area contributed by atoms with E-state index < -0.39 is 0 Å². The van der Waals surface area contributed by atoms with E-state index in [0.717, 1.165) is 31.6 Å². The highest BCUT2D eigenvalue weighted by Crippen LogP contribution is 1.92. The minimum Gasteiger partial charge on any atom is -0.411 e. The predicted octanol–water partition coefficient (Wildman–Crippen LogP) is -0.875. The van der Waals surface area contributed by atoms with Gasteiger partial charge in [0, 0.05) is 12.8 Å². The third-order valence-electron chi connectivity index (χ3n) is 1.82. The molecule has 0 amide bonds. The summed E-state index contributed by atoms with van der Waals surface area (Å²) in [6.45, 7) is 2.22. The topological polar surface area (TPSA) is 37.0 Å². The van der Waals surface area contributed by atoms with Gasteiger partial charge in [0.25, 0.3) is 0 Å². The minimum atomic E-state index is 0.959. The molecule has 3 heteroatoms. The van der Waals surface area contributed by atoms with Crippen LogP contribution in [0.15, 0.2) is 5.16 Å². The summed E-state index contributed by atoms with van der Waals surface area (Å²) in [5.41, 5.74) is 0.959. The molecule has 52 valence electrons. The smallest absolute Gasteiger partial charge is 0.0823 e. The maximum atomic E-state index is 8.36.